The number of carbonyl (C=O) groups is 1. The Bertz CT molecular complexity index is 428. The zero-order chi connectivity index (χ0) is 13.1. The van der Waals surface area contributed by atoms with Gasteiger partial charge in [-0.05, 0) is 18.2 Å². The van der Waals surface area contributed by atoms with E-state index in [0.29, 0.717) is 13.1 Å². The minimum absolute atomic E-state index is 0.0360. The number of rotatable bonds is 1. The van der Waals surface area contributed by atoms with Crippen LogP contribution in [0, 0.1) is 5.82 Å². The molecule has 2 rings (SSSR count). The molecule has 1 saturated heterocycles. The number of nitrogens with zero attached hydrogens (tertiary/aromatic N) is 3. The molecule has 18 heavy (non-hydrogen) atoms. The van der Waals surface area contributed by atoms with Crippen LogP contribution in [0.25, 0.3) is 0 Å². The molecule has 1 heterocycles. The highest BCUT2D eigenvalue weighted by molar-refractivity contribution is 5.74. The summed E-state index contributed by atoms with van der Waals surface area (Å²) in [5.74, 6) is -0.223. The molecule has 0 N–H and O–H groups in total. The Hall–Kier alpha value is -1.78. The maximum Gasteiger partial charge on any atom is 0.319 e. The van der Waals surface area contributed by atoms with Crippen molar-refractivity contribution in [2.45, 2.75) is 0 Å². The van der Waals surface area contributed by atoms with Crippen molar-refractivity contribution >= 4 is 11.7 Å². The minimum atomic E-state index is -0.223. The van der Waals surface area contributed by atoms with E-state index in [1.807, 2.05) is 11.0 Å². The number of carbonyl (C=O) groups excluding carboxylic acids is 1. The van der Waals surface area contributed by atoms with Crippen molar-refractivity contribution in [3.63, 3.8) is 0 Å². The van der Waals surface area contributed by atoms with E-state index in [-0.39, 0.29) is 11.8 Å². The second-order valence-electron chi connectivity index (χ2n) is 4.63. The molecule has 1 aliphatic rings. The van der Waals surface area contributed by atoms with Crippen molar-refractivity contribution in [3.05, 3.63) is 30.1 Å². The second-order valence-corrected chi connectivity index (χ2v) is 4.63. The molecule has 0 atom stereocenters. The van der Waals surface area contributed by atoms with Crippen LogP contribution in [0.1, 0.15) is 0 Å². The topological polar surface area (TPSA) is 26.8 Å². The summed E-state index contributed by atoms with van der Waals surface area (Å²) in [5, 5.41) is 0. The van der Waals surface area contributed by atoms with Crippen molar-refractivity contribution in [2.75, 3.05) is 45.2 Å². The number of hydrogen-bond acceptors (Lipinski definition) is 2. The largest absolute Gasteiger partial charge is 0.368 e. The lowest BCUT2D eigenvalue weighted by atomic mass is 10.2. The summed E-state index contributed by atoms with van der Waals surface area (Å²) >= 11 is 0. The zero-order valence-electron chi connectivity index (χ0n) is 10.8. The molecule has 0 aromatic heterocycles. The molecule has 2 amide bonds. The number of anilines is 1. The minimum Gasteiger partial charge on any atom is -0.368 e. The third-order valence-corrected chi connectivity index (χ3v) is 3.11. The fourth-order valence-corrected chi connectivity index (χ4v) is 2.11. The lowest BCUT2D eigenvalue weighted by Gasteiger charge is -2.37. The van der Waals surface area contributed by atoms with Gasteiger partial charge in [0.25, 0.3) is 0 Å². The molecule has 98 valence electrons. The van der Waals surface area contributed by atoms with Crippen LogP contribution in [-0.2, 0) is 0 Å². The van der Waals surface area contributed by atoms with E-state index >= 15 is 0 Å². The first-order valence-corrected chi connectivity index (χ1v) is 6.04. The SMILES string of the molecule is CN(C)C(=O)N1CCN(c2cccc(F)c2)CC1. The van der Waals surface area contributed by atoms with Gasteiger partial charge in [-0.25, -0.2) is 9.18 Å². The molecule has 4 nitrogen and oxygen atoms in total. The van der Waals surface area contributed by atoms with Crippen LogP contribution in [-0.4, -0.2) is 56.1 Å². The van der Waals surface area contributed by atoms with Gasteiger partial charge in [-0.2, -0.15) is 0 Å². The monoisotopic (exact) mass is 251 g/mol. The van der Waals surface area contributed by atoms with Gasteiger partial charge in [-0.3, -0.25) is 0 Å². The first kappa shape index (κ1) is 12.7. The van der Waals surface area contributed by atoms with Gasteiger partial charge in [-0.15, -0.1) is 0 Å². The summed E-state index contributed by atoms with van der Waals surface area (Å²) in [6.07, 6.45) is 0. The van der Waals surface area contributed by atoms with E-state index < -0.39 is 0 Å². The Labute approximate surface area is 107 Å². The Morgan fingerprint density at radius 2 is 1.89 bits per heavy atom. The Balaban J connectivity index is 1.96. The Morgan fingerprint density at radius 3 is 2.44 bits per heavy atom. The normalized spacial score (nSPS) is 15.7. The van der Waals surface area contributed by atoms with Gasteiger partial charge < -0.3 is 14.7 Å². The van der Waals surface area contributed by atoms with E-state index in [4.69, 9.17) is 0 Å². The molecule has 0 aliphatic carbocycles. The summed E-state index contributed by atoms with van der Waals surface area (Å²) in [7, 11) is 3.50. The number of benzene rings is 1. The predicted octanol–water partition coefficient (Wildman–Crippen LogP) is 1.63. The maximum atomic E-state index is 13.1. The average Bonchev–Trinajstić information content (AvgIpc) is 2.38. The van der Waals surface area contributed by atoms with Gasteiger partial charge >= 0.3 is 6.03 Å². The number of piperazine rings is 1. The zero-order valence-corrected chi connectivity index (χ0v) is 10.8. The van der Waals surface area contributed by atoms with E-state index in [1.165, 1.54) is 12.1 Å². The first-order valence-electron chi connectivity index (χ1n) is 6.04. The first-order chi connectivity index (χ1) is 8.58. The van der Waals surface area contributed by atoms with Crippen LogP contribution >= 0.6 is 0 Å². The highest BCUT2D eigenvalue weighted by atomic mass is 19.1. The molecule has 1 aromatic carbocycles. The van der Waals surface area contributed by atoms with E-state index in [2.05, 4.69) is 4.90 Å². The maximum absolute atomic E-state index is 13.1. The summed E-state index contributed by atoms with van der Waals surface area (Å²) < 4.78 is 13.1. The molecule has 5 heteroatoms. The van der Waals surface area contributed by atoms with Crippen molar-refractivity contribution in [1.29, 1.82) is 0 Å². The molecule has 0 unspecified atom stereocenters. The number of halogens is 1. The lowest BCUT2D eigenvalue weighted by molar-refractivity contribution is 0.168. The summed E-state index contributed by atoms with van der Waals surface area (Å²) in [5.41, 5.74) is 0.881. The van der Waals surface area contributed by atoms with Gasteiger partial charge in [0.1, 0.15) is 5.82 Å². The Kier molecular flexibility index (Phi) is 3.69. The number of amides is 2. The van der Waals surface area contributed by atoms with Crippen LogP contribution < -0.4 is 4.90 Å². The molecule has 0 saturated carbocycles. The molecular weight excluding hydrogens is 233 g/mol. The van der Waals surface area contributed by atoms with Crippen LogP contribution in [0.2, 0.25) is 0 Å². The van der Waals surface area contributed by atoms with Crippen LogP contribution in [0.5, 0.6) is 0 Å². The molecule has 0 spiro atoms. The number of hydrogen-bond donors (Lipinski definition) is 0. The van der Waals surface area contributed by atoms with E-state index in [1.54, 1.807) is 25.1 Å². The standard InChI is InChI=1S/C13H18FN3O/c1-15(2)13(18)17-8-6-16(7-9-17)12-5-3-4-11(14)10-12/h3-5,10H,6-9H2,1-2H3. The number of urea groups is 1. The fourth-order valence-electron chi connectivity index (χ4n) is 2.11. The molecule has 1 aliphatic heterocycles. The Morgan fingerprint density at radius 1 is 1.22 bits per heavy atom. The summed E-state index contributed by atoms with van der Waals surface area (Å²) in [6, 6.07) is 6.61. The van der Waals surface area contributed by atoms with Gasteiger partial charge in [-0.1, -0.05) is 6.07 Å². The van der Waals surface area contributed by atoms with E-state index in [9.17, 15) is 9.18 Å². The van der Waals surface area contributed by atoms with Crippen LogP contribution in [0.4, 0.5) is 14.9 Å². The smallest absolute Gasteiger partial charge is 0.319 e. The molecule has 1 fully saturated rings. The third-order valence-electron chi connectivity index (χ3n) is 3.11. The molecule has 1 aromatic rings. The second kappa shape index (κ2) is 5.25. The summed E-state index contributed by atoms with van der Waals surface area (Å²) in [4.78, 5) is 17.3. The molecule has 0 radical (unpaired) electrons. The van der Waals surface area contributed by atoms with Crippen LogP contribution in [0.15, 0.2) is 24.3 Å². The highest BCUT2D eigenvalue weighted by Crippen LogP contribution is 2.17. The molecular formula is C13H18FN3O. The van der Waals surface area contributed by atoms with Gasteiger partial charge in [0, 0.05) is 46.0 Å². The summed E-state index contributed by atoms with van der Waals surface area (Å²) in [6.45, 7) is 2.83. The fraction of sp³-hybridized carbons (Fsp3) is 0.462. The predicted molar refractivity (Wildman–Crippen MR) is 69.3 cm³/mol. The third kappa shape index (κ3) is 2.72. The van der Waals surface area contributed by atoms with E-state index in [0.717, 1.165) is 18.8 Å². The van der Waals surface area contributed by atoms with Gasteiger partial charge in [0.05, 0.1) is 0 Å². The van der Waals surface area contributed by atoms with Crippen molar-refractivity contribution in [2.24, 2.45) is 0 Å². The van der Waals surface area contributed by atoms with Crippen molar-refractivity contribution < 1.29 is 9.18 Å². The quantitative estimate of drug-likeness (QED) is 0.758. The lowest BCUT2D eigenvalue weighted by Crippen LogP contribution is -2.51. The van der Waals surface area contributed by atoms with Crippen LogP contribution in [0.3, 0.4) is 0 Å². The van der Waals surface area contributed by atoms with Gasteiger partial charge in [0.2, 0.25) is 0 Å². The van der Waals surface area contributed by atoms with Crippen molar-refractivity contribution in [3.8, 4) is 0 Å². The van der Waals surface area contributed by atoms with Crippen molar-refractivity contribution in [1.82, 2.24) is 9.80 Å². The highest BCUT2D eigenvalue weighted by Gasteiger charge is 2.22. The molecule has 0 bridgehead atoms. The van der Waals surface area contributed by atoms with Gasteiger partial charge in [0.15, 0.2) is 0 Å². The average molecular weight is 251 g/mol.